The zero-order valence-corrected chi connectivity index (χ0v) is 11.0. The van der Waals surface area contributed by atoms with Gasteiger partial charge in [0.05, 0.1) is 0 Å². The fraction of sp³-hybridized carbons (Fsp3) is 1.00. The van der Waals surface area contributed by atoms with Crippen molar-refractivity contribution in [2.45, 2.75) is 53.3 Å². The first-order valence-electron chi connectivity index (χ1n) is 4.68. The maximum absolute atomic E-state index is 2.34. The summed E-state index contributed by atoms with van der Waals surface area (Å²) in [6.07, 6.45) is 4.36. The normalized spacial score (nSPS) is 9.82. The van der Waals surface area contributed by atoms with E-state index in [1.54, 1.807) is 13.3 Å². The summed E-state index contributed by atoms with van der Waals surface area (Å²) in [5.41, 5.74) is 0. The van der Waals surface area contributed by atoms with Gasteiger partial charge in [0, 0.05) is 0 Å². The Bertz CT molecular complexity index is 52.3. The van der Waals surface area contributed by atoms with Gasteiger partial charge in [0.1, 0.15) is 0 Å². The average Bonchev–Trinajstić information content (AvgIpc) is 1.90. The molecule has 11 heavy (non-hydrogen) atoms. The van der Waals surface area contributed by atoms with E-state index in [9.17, 15) is 0 Å². The first kappa shape index (κ1) is 14.3. The van der Waals surface area contributed by atoms with Gasteiger partial charge in [-0.25, -0.2) is 0 Å². The number of hydrogen-bond donors (Lipinski definition) is 0. The van der Waals surface area contributed by atoms with E-state index in [4.69, 9.17) is 0 Å². The van der Waals surface area contributed by atoms with Crippen LogP contribution in [0, 0.1) is 0 Å². The molecular weight excluding hydrogens is 246 g/mol. The summed E-state index contributed by atoms with van der Waals surface area (Å²) in [6, 6.07) is 0. The van der Waals surface area contributed by atoms with Crippen LogP contribution in [0.25, 0.3) is 0 Å². The van der Waals surface area contributed by atoms with Crippen molar-refractivity contribution in [1.29, 1.82) is 0 Å². The second-order valence-electron chi connectivity index (χ2n) is 3.00. The summed E-state index contributed by atoms with van der Waals surface area (Å²) in [5, 5.41) is 0. The van der Waals surface area contributed by atoms with E-state index in [-0.39, 0.29) is 4.70 Å². The predicted octanol–water partition coefficient (Wildman–Crippen LogP) is 3.86. The predicted molar refractivity (Wildman–Crippen MR) is 53.6 cm³/mol. The van der Waals surface area contributed by atoms with Crippen molar-refractivity contribution in [2.75, 3.05) is 0 Å². The molecule has 0 fully saturated rings. The topological polar surface area (TPSA) is 0 Å². The molecule has 0 aliphatic rings. The molecule has 0 spiro atoms. The average molecular weight is 268 g/mol. The second kappa shape index (κ2) is 10.7. The van der Waals surface area contributed by atoms with Gasteiger partial charge in [-0.2, -0.15) is 0 Å². The van der Waals surface area contributed by atoms with Gasteiger partial charge in [0.2, 0.25) is 0 Å². The van der Waals surface area contributed by atoms with Crippen molar-refractivity contribution in [1.82, 2.24) is 0 Å². The van der Waals surface area contributed by atoms with Gasteiger partial charge in [-0.3, -0.25) is 4.70 Å². The Balaban J connectivity index is 0. The third-order valence-electron chi connectivity index (χ3n) is 1.81. The Labute approximate surface area is 77.9 Å². The minimum absolute atomic E-state index is 0. The molecule has 1 radical (unpaired) electrons. The summed E-state index contributed by atoms with van der Waals surface area (Å²) < 4.78 is 4.93. The zero-order valence-electron chi connectivity index (χ0n) is 8.15. The Morgan fingerprint density at radius 1 is 0.727 bits per heavy atom. The van der Waals surface area contributed by atoms with Gasteiger partial charge in [-0.1, -0.05) is 0 Å². The summed E-state index contributed by atoms with van der Waals surface area (Å²) in [4.78, 5) is 0. The molecule has 0 bridgehead atoms. The Kier molecular flexibility index (Phi) is 13.9. The van der Waals surface area contributed by atoms with Crippen molar-refractivity contribution in [3.63, 3.8) is 0 Å². The SMILES string of the molecule is CC[CH2][Sn]([CH2]CC)[CH2]CC.F. The maximum Gasteiger partial charge on any atom is -0.269 e. The second-order valence-corrected chi connectivity index (χ2v) is 11.6. The number of hydrogen-bond acceptors (Lipinski definition) is 0. The molecule has 0 aromatic carbocycles. The van der Waals surface area contributed by atoms with Crippen LogP contribution in [0.1, 0.15) is 40.0 Å². The van der Waals surface area contributed by atoms with Gasteiger partial charge < -0.3 is 0 Å². The minimum Gasteiger partial charge on any atom is -0.269 e. The molecule has 0 saturated heterocycles. The van der Waals surface area contributed by atoms with Gasteiger partial charge in [0.15, 0.2) is 0 Å². The molecule has 2 heteroatoms. The van der Waals surface area contributed by atoms with Crippen LogP contribution in [0.5, 0.6) is 0 Å². The molecule has 0 aliphatic carbocycles. The van der Waals surface area contributed by atoms with Crippen LogP contribution in [-0.2, 0) is 0 Å². The maximum atomic E-state index is 2.34. The molecule has 0 saturated carbocycles. The smallest absolute Gasteiger partial charge is 0.269 e. The van der Waals surface area contributed by atoms with E-state index >= 15 is 0 Å². The molecule has 0 aromatic heterocycles. The Morgan fingerprint density at radius 3 is 1.18 bits per heavy atom. The number of halogens is 1. The largest absolute Gasteiger partial charge is 0.269 e. The van der Waals surface area contributed by atoms with E-state index in [0.717, 1.165) is 0 Å². The molecule has 0 rings (SSSR count). The molecule has 0 N–H and O–H groups in total. The molecule has 69 valence electrons. The van der Waals surface area contributed by atoms with E-state index in [1.165, 1.54) is 19.3 Å². The third kappa shape index (κ3) is 8.64. The molecule has 0 atom stereocenters. The van der Waals surface area contributed by atoms with E-state index in [1.807, 2.05) is 0 Å². The molecule has 0 nitrogen and oxygen atoms in total. The Hall–Kier alpha value is 0.729. The summed E-state index contributed by atoms with van der Waals surface area (Å²) in [7, 11) is 0. The van der Waals surface area contributed by atoms with Crippen LogP contribution in [0.15, 0.2) is 0 Å². The van der Waals surface area contributed by atoms with Crippen molar-refractivity contribution in [3.8, 4) is 0 Å². The van der Waals surface area contributed by atoms with Crippen molar-refractivity contribution >= 4 is 19.8 Å². The third-order valence-corrected chi connectivity index (χ3v) is 12.1. The Morgan fingerprint density at radius 2 is 1.00 bits per heavy atom. The zero-order chi connectivity index (χ0) is 7.82. The number of rotatable bonds is 6. The molecule has 0 unspecified atom stereocenters. The van der Waals surface area contributed by atoms with Crippen molar-refractivity contribution in [3.05, 3.63) is 0 Å². The summed E-state index contributed by atoms with van der Waals surface area (Å²) in [6.45, 7) is 7.02. The van der Waals surface area contributed by atoms with Gasteiger partial charge in [-0.15, -0.1) is 0 Å². The van der Waals surface area contributed by atoms with Crippen molar-refractivity contribution in [2.24, 2.45) is 0 Å². The van der Waals surface area contributed by atoms with E-state index in [2.05, 4.69) is 20.8 Å². The molecular formula is C9H22FSn. The van der Waals surface area contributed by atoms with Crippen LogP contribution < -0.4 is 0 Å². The van der Waals surface area contributed by atoms with Gasteiger partial charge in [-0.05, 0) is 0 Å². The van der Waals surface area contributed by atoms with Crippen LogP contribution >= 0.6 is 0 Å². The van der Waals surface area contributed by atoms with Gasteiger partial charge in [0.25, 0.3) is 0 Å². The summed E-state index contributed by atoms with van der Waals surface area (Å²) in [5.74, 6) is 0. The minimum atomic E-state index is -0.759. The van der Waals surface area contributed by atoms with E-state index in [0.29, 0.717) is 0 Å². The van der Waals surface area contributed by atoms with Crippen LogP contribution in [0.3, 0.4) is 0 Å². The van der Waals surface area contributed by atoms with Crippen LogP contribution in [0.2, 0.25) is 13.3 Å². The fourth-order valence-electron chi connectivity index (χ4n) is 1.44. The molecule has 0 amide bonds. The molecule has 0 aliphatic heterocycles. The van der Waals surface area contributed by atoms with Crippen LogP contribution in [0.4, 0.5) is 4.70 Å². The standard InChI is InChI=1S/3C3H7.FH.Sn/c3*1-3-2;;/h3*1,3H2,2H3;1H;. The van der Waals surface area contributed by atoms with Crippen molar-refractivity contribution < 1.29 is 4.70 Å². The fourth-order valence-corrected chi connectivity index (χ4v) is 9.63. The first-order valence-corrected chi connectivity index (χ1v) is 10.7. The van der Waals surface area contributed by atoms with E-state index < -0.39 is 19.8 Å². The molecule has 0 aromatic rings. The van der Waals surface area contributed by atoms with Gasteiger partial charge >= 0.3 is 73.1 Å². The monoisotopic (exact) mass is 269 g/mol. The molecule has 0 heterocycles. The summed E-state index contributed by atoms with van der Waals surface area (Å²) >= 11 is -0.759. The first-order chi connectivity index (χ1) is 4.85. The van der Waals surface area contributed by atoms with Crippen LogP contribution in [-0.4, -0.2) is 19.8 Å². The quantitative estimate of drug-likeness (QED) is 0.641.